The van der Waals surface area contributed by atoms with Crippen LogP contribution in [0.25, 0.3) is 0 Å². The van der Waals surface area contributed by atoms with Crippen LogP contribution in [0.5, 0.6) is 0 Å². The van der Waals surface area contributed by atoms with E-state index < -0.39 is 0 Å². The number of hydrogen-bond acceptors (Lipinski definition) is 3. The number of nitrogens with zero attached hydrogens (tertiary/aromatic N) is 2. The van der Waals surface area contributed by atoms with Crippen LogP contribution >= 0.6 is 0 Å². The second-order valence-electron chi connectivity index (χ2n) is 4.94. The number of aryl methyl sites for hydroxylation is 2. The molecule has 4 heteroatoms. The van der Waals surface area contributed by atoms with Gasteiger partial charge in [-0.15, -0.1) is 0 Å². The number of aliphatic hydroxyl groups excluding tert-OH is 1. The van der Waals surface area contributed by atoms with Crippen molar-refractivity contribution in [2.24, 2.45) is 0 Å². The topological polar surface area (TPSA) is 50.1 Å². The summed E-state index contributed by atoms with van der Waals surface area (Å²) in [6.07, 6.45) is 4.06. The Morgan fingerprint density at radius 3 is 2.88 bits per heavy atom. The zero-order valence-electron chi connectivity index (χ0n) is 10.9. The molecule has 1 aliphatic rings. The molecular weight excluding hydrogens is 214 g/mol. The standard InChI is InChI=1S/C13H23N3O/c1-3-11-8-12(16(4-2)15-11)9-13(10-17)6-5-7-14-13/h8,14,17H,3-7,9-10H2,1-2H3. The summed E-state index contributed by atoms with van der Waals surface area (Å²) >= 11 is 0. The zero-order valence-corrected chi connectivity index (χ0v) is 10.9. The van der Waals surface area contributed by atoms with Gasteiger partial charge >= 0.3 is 0 Å². The highest BCUT2D eigenvalue weighted by Crippen LogP contribution is 2.24. The van der Waals surface area contributed by atoms with E-state index in [1.807, 2.05) is 0 Å². The molecule has 1 aliphatic heterocycles. The van der Waals surface area contributed by atoms with E-state index >= 15 is 0 Å². The summed E-state index contributed by atoms with van der Waals surface area (Å²) in [5.74, 6) is 0. The van der Waals surface area contributed by atoms with E-state index in [-0.39, 0.29) is 12.1 Å². The summed E-state index contributed by atoms with van der Waals surface area (Å²) in [5.41, 5.74) is 2.28. The van der Waals surface area contributed by atoms with E-state index in [0.717, 1.165) is 44.5 Å². The van der Waals surface area contributed by atoms with Crippen molar-refractivity contribution in [2.75, 3.05) is 13.2 Å². The zero-order chi connectivity index (χ0) is 12.3. The fourth-order valence-corrected chi connectivity index (χ4v) is 2.66. The third-order valence-corrected chi connectivity index (χ3v) is 3.73. The summed E-state index contributed by atoms with van der Waals surface area (Å²) in [6.45, 7) is 6.37. The Balaban J connectivity index is 2.18. The van der Waals surface area contributed by atoms with Crippen molar-refractivity contribution in [3.8, 4) is 0 Å². The van der Waals surface area contributed by atoms with Gasteiger partial charge < -0.3 is 10.4 Å². The van der Waals surface area contributed by atoms with Crippen LogP contribution in [0.4, 0.5) is 0 Å². The molecule has 1 aromatic rings. The Labute approximate surface area is 103 Å². The van der Waals surface area contributed by atoms with Crippen molar-refractivity contribution in [2.45, 2.75) is 51.6 Å². The van der Waals surface area contributed by atoms with E-state index in [2.05, 4.69) is 35.0 Å². The second-order valence-corrected chi connectivity index (χ2v) is 4.94. The predicted molar refractivity (Wildman–Crippen MR) is 68.0 cm³/mol. The number of hydrogen-bond donors (Lipinski definition) is 2. The molecule has 1 atom stereocenters. The average Bonchev–Trinajstić information content (AvgIpc) is 2.97. The molecule has 17 heavy (non-hydrogen) atoms. The van der Waals surface area contributed by atoms with Gasteiger partial charge in [-0.1, -0.05) is 6.92 Å². The Bertz CT molecular complexity index is 367. The van der Waals surface area contributed by atoms with Crippen molar-refractivity contribution in [1.29, 1.82) is 0 Å². The van der Waals surface area contributed by atoms with Crippen LogP contribution in [-0.4, -0.2) is 33.6 Å². The smallest absolute Gasteiger partial charge is 0.0624 e. The first-order chi connectivity index (χ1) is 8.23. The van der Waals surface area contributed by atoms with Crippen molar-refractivity contribution in [1.82, 2.24) is 15.1 Å². The average molecular weight is 237 g/mol. The fraction of sp³-hybridized carbons (Fsp3) is 0.769. The molecular formula is C13H23N3O. The summed E-state index contributed by atoms with van der Waals surface area (Å²) in [7, 11) is 0. The van der Waals surface area contributed by atoms with Gasteiger partial charge in [0.25, 0.3) is 0 Å². The van der Waals surface area contributed by atoms with Crippen LogP contribution in [0, 0.1) is 0 Å². The Morgan fingerprint density at radius 2 is 2.35 bits per heavy atom. The normalized spacial score (nSPS) is 24.4. The van der Waals surface area contributed by atoms with Crippen molar-refractivity contribution >= 4 is 0 Å². The van der Waals surface area contributed by atoms with E-state index in [0.29, 0.717) is 0 Å². The van der Waals surface area contributed by atoms with Gasteiger partial charge in [0, 0.05) is 24.2 Å². The SMILES string of the molecule is CCc1cc(CC2(CO)CCCN2)n(CC)n1. The summed E-state index contributed by atoms with van der Waals surface area (Å²) in [4.78, 5) is 0. The Morgan fingerprint density at radius 1 is 1.53 bits per heavy atom. The lowest BCUT2D eigenvalue weighted by Gasteiger charge is -2.27. The highest BCUT2D eigenvalue weighted by atomic mass is 16.3. The molecule has 96 valence electrons. The molecule has 2 heterocycles. The van der Waals surface area contributed by atoms with E-state index in [9.17, 15) is 5.11 Å². The maximum atomic E-state index is 9.61. The molecule has 1 fully saturated rings. The molecule has 2 rings (SSSR count). The van der Waals surface area contributed by atoms with Gasteiger partial charge in [0.05, 0.1) is 12.3 Å². The van der Waals surface area contributed by atoms with E-state index in [1.54, 1.807) is 0 Å². The minimum atomic E-state index is -0.113. The Kier molecular flexibility index (Phi) is 3.84. The van der Waals surface area contributed by atoms with Gasteiger partial charge in [0.1, 0.15) is 0 Å². The molecule has 0 spiro atoms. The van der Waals surface area contributed by atoms with Gasteiger partial charge in [0.15, 0.2) is 0 Å². The molecule has 1 unspecified atom stereocenters. The minimum absolute atomic E-state index is 0.113. The first kappa shape index (κ1) is 12.6. The molecule has 1 aromatic heterocycles. The number of rotatable bonds is 5. The van der Waals surface area contributed by atoms with E-state index in [4.69, 9.17) is 0 Å². The monoisotopic (exact) mass is 237 g/mol. The second kappa shape index (κ2) is 5.19. The van der Waals surface area contributed by atoms with Gasteiger partial charge in [-0.3, -0.25) is 4.68 Å². The third-order valence-electron chi connectivity index (χ3n) is 3.73. The highest BCUT2D eigenvalue weighted by molar-refractivity contribution is 5.15. The maximum Gasteiger partial charge on any atom is 0.0624 e. The van der Waals surface area contributed by atoms with Crippen LogP contribution in [0.2, 0.25) is 0 Å². The lowest BCUT2D eigenvalue weighted by molar-refractivity contribution is 0.175. The molecule has 0 aliphatic carbocycles. The predicted octanol–water partition coefficient (Wildman–Crippen LogP) is 1.12. The first-order valence-corrected chi connectivity index (χ1v) is 6.64. The van der Waals surface area contributed by atoms with Crippen LogP contribution in [0.1, 0.15) is 38.1 Å². The summed E-state index contributed by atoms with van der Waals surface area (Å²) in [5, 5.41) is 17.6. The fourth-order valence-electron chi connectivity index (χ4n) is 2.66. The van der Waals surface area contributed by atoms with Crippen LogP contribution in [0.15, 0.2) is 6.07 Å². The van der Waals surface area contributed by atoms with Gasteiger partial charge in [-0.25, -0.2) is 0 Å². The molecule has 4 nitrogen and oxygen atoms in total. The van der Waals surface area contributed by atoms with E-state index in [1.165, 1.54) is 5.69 Å². The molecule has 0 saturated carbocycles. The Hall–Kier alpha value is -0.870. The lowest BCUT2D eigenvalue weighted by atomic mass is 9.92. The van der Waals surface area contributed by atoms with Crippen molar-refractivity contribution in [3.05, 3.63) is 17.5 Å². The summed E-state index contributed by atoms with van der Waals surface area (Å²) < 4.78 is 2.07. The van der Waals surface area contributed by atoms with Crippen LogP contribution in [0.3, 0.4) is 0 Å². The molecule has 2 N–H and O–H groups in total. The number of aromatic nitrogens is 2. The lowest BCUT2D eigenvalue weighted by Crippen LogP contribution is -2.45. The quantitative estimate of drug-likeness (QED) is 0.807. The third kappa shape index (κ3) is 2.53. The number of nitrogens with one attached hydrogen (secondary N) is 1. The molecule has 0 radical (unpaired) electrons. The summed E-state index contributed by atoms with van der Waals surface area (Å²) in [6, 6.07) is 2.18. The molecule has 0 amide bonds. The molecule has 0 bridgehead atoms. The van der Waals surface area contributed by atoms with Crippen LogP contribution < -0.4 is 5.32 Å². The number of aliphatic hydroxyl groups is 1. The highest BCUT2D eigenvalue weighted by Gasteiger charge is 2.33. The largest absolute Gasteiger partial charge is 0.394 e. The van der Waals surface area contributed by atoms with Gasteiger partial charge in [-0.05, 0) is 38.8 Å². The van der Waals surface area contributed by atoms with Crippen molar-refractivity contribution in [3.63, 3.8) is 0 Å². The van der Waals surface area contributed by atoms with Crippen LogP contribution in [-0.2, 0) is 19.4 Å². The maximum absolute atomic E-state index is 9.61. The van der Waals surface area contributed by atoms with Gasteiger partial charge in [0.2, 0.25) is 0 Å². The molecule has 0 aromatic carbocycles. The van der Waals surface area contributed by atoms with Gasteiger partial charge in [-0.2, -0.15) is 5.10 Å². The van der Waals surface area contributed by atoms with Crippen molar-refractivity contribution < 1.29 is 5.11 Å². The molecule has 1 saturated heterocycles. The minimum Gasteiger partial charge on any atom is -0.394 e. The first-order valence-electron chi connectivity index (χ1n) is 6.64.